The van der Waals surface area contributed by atoms with Crippen molar-refractivity contribution in [1.82, 2.24) is 10.6 Å². The van der Waals surface area contributed by atoms with E-state index in [9.17, 15) is 19.2 Å². The quantitative estimate of drug-likeness (QED) is 0.0948. The van der Waals surface area contributed by atoms with E-state index in [1.54, 1.807) is 30.3 Å². The lowest BCUT2D eigenvalue weighted by atomic mass is 10.1. The molecular weight excluding hydrogens is 584 g/mol. The molecular formula is C36H54N4O6. The van der Waals surface area contributed by atoms with E-state index in [2.05, 4.69) is 35.1 Å². The van der Waals surface area contributed by atoms with Gasteiger partial charge < -0.3 is 30.7 Å². The van der Waals surface area contributed by atoms with Crippen LogP contribution in [0.2, 0.25) is 0 Å². The molecule has 0 aromatic heterocycles. The summed E-state index contributed by atoms with van der Waals surface area (Å²) < 4.78 is 11.9. The summed E-state index contributed by atoms with van der Waals surface area (Å²) >= 11 is 0. The van der Waals surface area contributed by atoms with E-state index < -0.39 is 11.8 Å². The molecule has 254 valence electrons. The van der Waals surface area contributed by atoms with Crippen molar-refractivity contribution in [1.29, 1.82) is 0 Å². The number of carbonyl (C=O) groups excluding carboxylic acids is 4. The Hall–Kier alpha value is -4.08. The molecule has 0 radical (unpaired) electrons. The Morgan fingerprint density at radius 2 is 1.04 bits per heavy atom. The first kappa shape index (κ1) is 38.1. The Bertz CT molecular complexity index is 1250. The summed E-state index contributed by atoms with van der Waals surface area (Å²) in [6.07, 6.45) is 13.4. The van der Waals surface area contributed by atoms with Crippen molar-refractivity contribution in [2.24, 2.45) is 0 Å². The molecule has 0 spiro atoms. The van der Waals surface area contributed by atoms with Gasteiger partial charge in [0.2, 0.25) is 11.8 Å². The van der Waals surface area contributed by atoms with Crippen LogP contribution in [0.4, 0.5) is 11.4 Å². The third kappa shape index (κ3) is 14.8. The first-order valence-corrected chi connectivity index (χ1v) is 17.0. The first-order chi connectivity index (χ1) is 22.3. The molecule has 0 unspecified atom stereocenters. The van der Waals surface area contributed by atoms with E-state index in [1.165, 1.54) is 51.5 Å². The molecule has 4 amide bonds. The SMILES string of the molecule is CCCCCCCCOc1ccc(NC(=O)CNC(=O)c2cc(NC(C)=O)ccc2OCCCCCCCC)cc1C(=O)NCC. The number of anilines is 2. The Kier molecular flexibility index (Phi) is 18.6. The van der Waals surface area contributed by atoms with Crippen LogP contribution in [0.1, 0.15) is 125 Å². The molecule has 0 atom stereocenters. The average molecular weight is 639 g/mol. The zero-order valence-corrected chi connectivity index (χ0v) is 28.2. The number of unbranched alkanes of at least 4 members (excludes halogenated alkanes) is 10. The second-order valence-electron chi connectivity index (χ2n) is 11.4. The lowest BCUT2D eigenvalue weighted by Gasteiger charge is -2.15. The van der Waals surface area contributed by atoms with E-state index in [1.807, 2.05) is 6.92 Å². The van der Waals surface area contributed by atoms with Crippen molar-refractivity contribution in [3.8, 4) is 11.5 Å². The fraction of sp³-hybridized carbons (Fsp3) is 0.556. The van der Waals surface area contributed by atoms with Crippen LogP contribution in [0.25, 0.3) is 0 Å². The lowest BCUT2D eigenvalue weighted by Crippen LogP contribution is -2.33. The topological polar surface area (TPSA) is 135 Å². The number of nitrogens with one attached hydrogen (secondary N) is 4. The number of ether oxygens (including phenoxy) is 2. The maximum atomic E-state index is 13.2. The summed E-state index contributed by atoms with van der Waals surface area (Å²) in [7, 11) is 0. The summed E-state index contributed by atoms with van der Waals surface area (Å²) in [6.45, 7) is 8.69. The van der Waals surface area contributed by atoms with Crippen molar-refractivity contribution in [2.75, 3.05) is 36.9 Å². The van der Waals surface area contributed by atoms with Gasteiger partial charge in [0.25, 0.3) is 11.8 Å². The number of amides is 4. The molecule has 0 aliphatic rings. The fourth-order valence-electron chi connectivity index (χ4n) is 4.87. The van der Waals surface area contributed by atoms with Crippen molar-refractivity contribution < 1.29 is 28.7 Å². The highest BCUT2D eigenvalue weighted by Gasteiger charge is 2.17. The van der Waals surface area contributed by atoms with E-state index >= 15 is 0 Å². The second-order valence-corrected chi connectivity index (χ2v) is 11.4. The van der Waals surface area contributed by atoms with E-state index in [0.29, 0.717) is 48.2 Å². The zero-order chi connectivity index (χ0) is 33.6. The van der Waals surface area contributed by atoms with Crippen LogP contribution in [0.3, 0.4) is 0 Å². The molecule has 0 saturated heterocycles. The molecule has 0 heterocycles. The molecule has 4 N–H and O–H groups in total. The fourth-order valence-corrected chi connectivity index (χ4v) is 4.87. The lowest BCUT2D eigenvalue weighted by molar-refractivity contribution is -0.115. The summed E-state index contributed by atoms with van der Waals surface area (Å²) in [5, 5.41) is 10.9. The van der Waals surface area contributed by atoms with E-state index in [-0.39, 0.29) is 23.9 Å². The van der Waals surface area contributed by atoms with Gasteiger partial charge in [0.1, 0.15) is 11.5 Å². The molecule has 46 heavy (non-hydrogen) atoms. The largest absolute Gasteiger partial charge is 0.493 e. The Labute approximate surface area is 274 Å². The molecule has 2 aromatic carbocycles. The van der Waals surface area contributed by atoms with Crippen LogP contribution in [0, 0.1) is 0 Å². The molecule has 0 aliphatic carbocycles. The second kappa shape index (κ2) is 22.4. The van der Waals surface area contributed by atoms with Gasteiger partial charge >= 0.3 is 0 Å². The summed E-state index contributed by atoms with van der Waals surface area (Å²) in [5.41, 5.74) is 1.40. The van der Waals surface area contributed by atoms with Gasteiger partial charge in [-0.1, -0.05) is 78.1 Å². The smallest absolute Gasteiger partial charge is 0.255 e. The summed E-state index contributed by atoms with van der Waals surface area (Å²) in [6, 6.07) is 9.78. The number of hydrogen-bond donors (Lipinski definition) is 4. The molecule has 0 aliphatic heterocycles. The minimum atomic E-state index is -0.512. The maximum absolute atomic E-state index is 13.2. The zero-order valence-electron chi connectivity index (χ0n) is 28.2. The monoisotopic (exact) mass is 638 g/mol. The highest BCUT2D eigenvalue weighted by atomic mass is 16.5. The van der Waals surface area contributed by atoms with Gasteiger partial charge in [-0.3, -0.25) is 19.2 Å². The van der Waals surface area contributed by atoms with Crippen LogP contribution in [-0.4, -0.2) is 49.9 Å². The van der Waals surface area contributed by atoms with Crippen LogP contribution in [0.15, 0.2) is 36.4 Å². The summed E-state index contributed by atoms with van der Waals surface area (Å²) in [4.78, 5) is 50.4. The number of carbonyl (C=O) groups is 4. The predicted molar refractivity (Wildman–Crippen MR) is 184 cm³/mol. The molecule has 2 rings (SSSR count). The van der Waals surface area contributed by atoms with Crippen LogP contribution in [-0.2, 0) is 9.59 Å². The normalized spacial score (nSPS) is 10.6. The van der Waals surface area contributed by atoms with Gasteiger partial charge in [-0.15, -0.1) is 0 Å². The van der Waals surface area contributed by atoms with Crippen molar-refractivity contribution in [3.05, 3.63) is 47.5 Å². The highest BCUT2D eigenvalue weighted by molar-refractivity contribution is 6.03. The first-order valence-electron chi connectivity index (χ1n) is 17.0. The van der Waals surface area contributed by atoms with Gasteiger partial charge in [0.15, 0.2) is 0 Å². The third-order valence-corrected chi connectivity index (χ3v) is 7.31. The number of rotatable bonds is 23. The van der Waals surface area contributed by atoms with Crippen LogP contribution >= 0.6 is 0 Å². The van der Waals surface area contributed by atoms with Gasteiger partial charge in [-0.05, 0) is 56.2 Å². The Morgan fingerprint density at radius 1 is 0.587 bits per heavy atom. The van der Waals surface area contributed by atoms with Gasteiger partial charge in [0.05, 0.1) is 30.9 Å². The molecule has 0 fully saturated rings. The van der Waals surface area contributed by atoms with Crippen LogP contribution in [0.5, 0.6) is 11.5 Å². The minimum absolute atomic E-state index is 0.218. The molecule has 0 saturated carbocycles. The van der Waals surface area contributed by atoms with E-state index in [0.717, 1.165) is 38.5 Å². The Balaban J connectivity index is 2.01. The maximum Gasteiger partial charge on any atom is 0.255 e. The van der Waals surface area contributed by atoms with Gasteiger partial charge in [-0.25, -0.2) is 0 Å². The third-order valence-electron chi connectivity index (χ3n) is 7.31. The van der Waals surface area contributed by atoms with Crippen molar-refractivity contribution in [3.63, 3.8) is 0 Å². The highest BCUT2D eigenvalue weighted by Crippen LogP contribution is 2.25. The minimum Gasteiger partial charge on any atom is -0.493 e. The van der Waals surface area contributed by atoms with Gasteiger partial charge in [0, 0.05) is 24.8 Å². The standard InChI is InChI=1S/C36H54N4O6/c1-5-8-10-12-14-16-22-45-32-21-19-29(25-30(32)35(43)37-7-3)40-34(42)26-38-36(44)31-24-28(39-27(4)41)18-20-33(31)46-23-17-15-13-11-9-6-2/h18-21,24-25H,5-17,22-23,26H2,1-4H3,(H,37,43)(H,38,44)(H,39,41)(H,40,42). The average Bonchev–Trinajstić information content (AvgIpc) is 3.03. The van der Waals surface area contributed by atoms with E-state index in [4.69, 9.17) is 9.47 Å². The van der Waals surface area contributed by atoms with Crippen molar-refractivity contribution in [2.45, 2.75) is 105 Å². The molecule has 0 bridgehead atoms. The molecule has 2 aromatic rings. The number of hydrogen-bond acceptors (Lipinski definition) is 6. The molecule has 10 nitrogen and oxygen atoms in total. The number of benzene rings is 2. The Morgan fingerprint density at radius 3 is 1.52 bits per heavy atom. The van der Waals surface area contributed by atoms with Crippen LogP contribution < -0.4 is 30.7 Å². The van der Waals surface area contributed by atoms with Crippen molar-refractivity contribution >= 4 is 35.0 Å². The summed E-state index contributed by atoms with van der Waals surface area (Å²) in [5.74, 6) is -0.706. The predicted octanol–water partition coefficient (Wildman–Crippen LogP) is 7.24. The van der Waals surface area contributed by atoms with Gasteiger partial charge in [-0.2, -0.15) is 0 Å². The molecule has 10 heteroatoms.